The van der Waals surface area contributed by atoms with Crippen LogP contribution in [-0.4, -0.2) is 26.5 Å². The molecule has 2 aromatic rings. The number of nitrogens with zero attached hydrogens (tertiary/aromatic N) is 5. The van der Waals surface area contributed by atoms with Crippen LogP contribution in [0, 0.1) is 0 Å². The second-order valence-electron chi connectivity index (χ2n) is 4.38. The van der Waals surface area contributed by atoms with Gasteiger partial charge < -0.3 is 4.90 Å². The maximum atomic E-state index is 4.42. The average Bonchev–Trinajstić information content (AvgIpc) is 2.49. The van der Waals surface area contributed by atoms with E-state index in [2.05, 4.69) is 24.8 Å². The van der Waals surface area contributed by atoms with Gasteiger partial charge in [0.1, 0.15) is 0 Å². The smallest absolute Gasteiger partial charge is 0.225 e. The first-order valence-electron chi connectivity index (χ1n) is 6.25. The molecule has 0 aliphatic carbocycles. The highest BCUT2D eigenvalue weighted by atomic mass is 15.3. The molecule has 0 bridgehead atoms. The Kier molecular flexibility index (Phi) is 3.12. The molecule has 1 atom stereocenters. The zero-order valence-electron chi connectivity index (χ0n) is 10.1. The second-order valence-corrected chi connectivity index (χ2v) is 4.38. The molecule has 5 heteroatoms. The van der Waals surface area contributed by atoms with E-state index < -0.39 is 0 Å². The lowest BCUT2D eigenvalue weighted by atomic mass is 10.00. The molecule has 3 rings (SSSR count). The van der Waals surface area contributed by atoms with Gasteiger partial charge in [0, 0.05) is 31.3 Å². The van der Waals surface area contributed by atoms with Crippen molar-refractivity contribution in [1.29, 1.82) is 0 Å². The van der Waals surface area contributed by atoms with Crippen LogP contribution in [0.4, 0.5) is 5.95 Å². The average molecular weight is 241 g/mol. The molecule has 1 aliphatic heterocycles. The number of aromatic nitrogens is 4. The summed E-state index contributed by atoms with van der Waals surface area (Å²) in [6.07, 6.45) is 12.3. The first-order valence-corrected chi connectivity index (χ1v) is 6.25. The molecule has 2 aromatic heterocycles. The first-order chi connectivity index (χ1) is 8.95. The Labute approximate surface area is 106 Å². The second kappa shape index (κ2) is 5.08. The fourth-order valence-corrected chi connectivity index (χ4v) is 2.40. The van der Waals surface area contributed by atoms with Gasteiger partial charge in [-0.05, 0) is 25.3 Å². The van der Waals surface area contributed by atoms with Gasteiger partial charge in [-0.3, -0.25) is 9.97 Å². The molecular weight excluding hydrogens is 226 g/mol. The van der Waals surface area contributed by atoms with E-state index in [-0.39, 0.29) is 6.04 Å². The molecular formula is C13H15N5. The Hall–Kier alpha value is -2.04. The van der Waals surface area contributed by atoms with Gasteiger partial charge in [0.15, 0.2) is 0 Å². The van der Waals surface area contributed by atoms with Gasteiger partial charge in [-0.15, -0.1) is 0 Å². The minimum Gasteiger partial charge on any atom is -0.332 e. The molecule has 18 heavy (non-hydrogen) atoms. The van der Waals surface area contributed by atoms with Gasteiger partial charge in [-0.25, -0.2) is 9.97 Å². The van der Waals surface area contributed by atoms with E-state index >= 15 is 0 Å². The summed E-state index contributed by atoms with van der Waals surface area (Å²) in [5.41, 5.74) is 1.00. The molecule has 0 spiro atoms. The highest BCUT2D eigenvalue weighted by Gasteiger charge is 2.26. The molecule has 5 nitrogen and oxygen atoms in total. The van der Waals surface area contributed by atoms with Gasteiger partial charge in [0.25, 0.3) is 0 Å². The molecule has 92 valence electrons. The Bertz CT molecular complexity index is 440. The summed E-state index contributed by atoms with van der Waals surface area (Å²) in [5, 5.41) is 0. The molecule has 0 saturated carbocycles. The summed E-state index contributed by atoms with van der Waals surface area (Å²) < 4.78 is 0. The highest BCUT2D eigenvalue weighted by Crippen LogP contribution is 2.31. The number of piperidine rings is 1. The Morgan fingerprint density at radius 2 is 1.89 bits per heavy atom. The van der Waals surface area contributed by atoms with Crippen molar-refractivity contribution in [3.63, 3.8) is 0 Å². The van der Waals surface area contributed by atoms with E-state index in [0.717, 1.165) is 24.6 Å². The van der Waals surface area contributed by atoms with Crippen LogP contribution in [0.3, 0.4) is 0 Å². The van der Waals surface area contributed by atoms with E-state index in [4.69, 9.17) is 0 Å². The topological polar surface area (TPSA) is 54.8 Å². The third-order valence-electron chi connectivity index (χ3n) is 3.24. The predicted molar refractivity (Wildman–Crippen MR) is 68.0 cm³/mol. The van der Waals surface area contributed by atoms with Gasteiger partial charge in [-0.2, -0.15) is 0 Å². The van der Waals surface area contributed by atoms with Crippen molar-refractivity contribution in [2.75, 3.05) is 11.4 Å². The fraction of sp³-hybridized carbons (Fsp3) is 0.385. The Morgan fingerprint density at radius 3 is 2.67 bits per heavy atom. The van der Waals surface area contributed by atoms with Gasteiger partial charge in [0.05, 0.1) is 17.9 Å². The highest BCUT2D eigenvalue weighted by molar-refractivity contribution is 5.34. The SMILES string of the molecule is c1cnc(N2CCCC[C@H]2c2cnccn2)nc1. The molecule has 1 aliphatic rings. The van der Waals surface area contributed by atoms with Crippen molar-refractivity contribution in [3.05, 3.63) is 42.7 Å². The molecule has 0 unspecified atom stereocenters. The summed E-state index contributed by atoms with van der Waals surface area (Å²) >= 11 is 0. The summed E-state index contributed by atoms with van der Waals surface area (Å²) in [4.78, 5) is 19.5. The van der Waals surface area contributed by atoms with Crippen LogP contribution in [0.1, 0.15) is 31.0 Å². The van der Waals surface area contributed by atoms with Crippen LogP contribution in [-0.2, 0) is 0 Å². The lowest BCUT2D eigenvalue weighted by molar-refractivity contribution is 0.457. The standard InChI is InChI=1S/C13H15N5/c1-2-9-18(13-16-5-3-6-17-13)12(4-1)11-10-14-7-8-15-11/h3,5-8,10,12H,1-2,4,9H2/t12-/m0/s1. The number of rotatable bonds is 2. The van der Waals surface area contributed by atoms with Crippen LogP contribution in [0.15, 0.2) is 37.1 Å². The minimum absolute atomic E-state index is 0.245. The normalized spacial score (nSPS) is 19.8. The van der Waals surface area contributed by atoms with Crippen LogP contribution >= 0.6 is 0 Å². The van der Waals surface area contributed by atoms with Crippen molar-refractivity contribution in [1.82, 2.24) is 19.9 Å². The summed E-state index contributed by atoms with van der Waals surface area (Å²) in [7, 11) is 0. The maximum Gasteiger partial charge on any atom is 0.225 e. The van der Waals surface area contributed by atoms with E-state index in [9.17, 15) is 0 Å². The van der Waals surface area contributed by atoms with Gasteiger partial charge >= 0.3 is 0 Å². The van der Waals surface area contributed by atoms with Crippen molar-refractivity contribution in [2.45, 2.75) is 25.3 Å². The monoisotopic (exact) mass is 241 g/mol. The van der Waals surface area contributed by atoms with E-state index in [0.29, 0.717) is 0 Å². The van der Waals surface area contributed by atoms with E-state index in [1.807, 2.05) is 12.3 Å². The predicted octanol–water partition coefficient (Wildman–Crippen LogP) is 2.00. The Balaban J connectivity index is 1.92. The summed E-state index contributed by atoms with van der Waals surface area (Å²) in [6.45, 7) is 0.977. The number of hydrogen-bond acceptors (Lipinski definition) is 5. The lowest BCUT2D eigenvalue weighted by Crippen LogP contribution is -2.35. The molecule has 0 radical (unpaired) electrons. The molecule has 0 aromatic carbocycles. The van der Waals surface area contributed by atoms with Crippen molar-refractivity contribution in [2.24, 2.45) is 0 Å². The van der Waals surface area contributed by atoms with Gasteiger partial charge in [-0.1, -0.05) is 0 Å². The minimum atomic E-state index is 0.245. The van der Waals surface area contributed by atoms with Gasteiger partial charge in [0.2, 0.25) is 5.95 Å². The third kappa shape index (κ3) is 2.16. The van der Waals surface area contributed by atoms with Crippen molar-refractivity contribution in [3.8, 4) is 0 Å². The molecule has 0 amide bonds. The number of anilines is 1. The lowest BCUT2D eigenvalue weighted by Gasteiger charge is -2.35. The van der Waals surface area contributed by atoms with Crippen molar-refractivity contribution >= 4 is 5.95 Å². The number of hydrogen-bond donors (Lipinski definition) is 0. The zero-order chi connectivity index (χ0) is 12.2. The van der Waals surface area contributed by atoms with Crippen LogP contribution in [0.25, 0.3) is 0 Å². The molecule has 0 N–H and O–H groups in total. The van der Waals surface area contributed by atoms with Crippen molar-refractivity contribution < 1.29 is 0 Å². The first kappa shape index (κ1) is 11.1. The fourth-order valence-electron chi connectivity index (χ4n) is 2.40. The third-order valence-corrected chi connectivity index (χ3v) is 3.24. The Morgan fingerprint density at radius 1 is 1.00 bits per heavy atom. The maximum absolute atomic E-state index is 4.42. The largest absolute Gasteiger partial charge is 0.332 e. The molecule has 1 fully saturated rings. The van der Waals surface area contributed by atoms with E-state index in [1.165, 1.54) is 12.8 Å². The van der Waals surface area contributed by atoms with Crippen LogP contribution in [0.2, 0.25) is 0 Å². The zero-order valence-corrected chi connectivity index (χ0v) is 10.1. The summed E-state index contributed by atoms with van der Waals surface area (Å²) in [5.74, 6) is 0.785. The summed E-state index contributed by atoms with van der Waals surface area (Å²) in [6, 6.07) is 2.08. The molecule has 1 saturated heterocycles. The van der Waals surface area contributed by atoms with Crippen LogP contribution < -0.4 is 4.90 Å². The van der Waals surface area contributed by atoms with E-state index in [1.54, 1.807) is 24.8 Å². The molecule has 3 heterocycles. The van der Waals surface area contributed by atoms with Crippen LogP contribution in [0.5, 0.6) is 0 Å². The quantitative estimate of drug-likeness (QED) is 0.805.